The van der Waals surface area contributed by atoms with Crippen molar-refractivity contribution in [3.8, 4) is 5.75 Å². The van der Waals surface area contributed by atoms with Crippen LogP contribution in [0.2, 0.25) is 0 Å². The topological polar surface area (TPSA) is 41.6 Å². The fraction of sp³-hybridized carbons (Fsp3) is 0.409. The molecule has 0 saturated carbocycles. The molecule has 1 aliphatic heterocycles. The van der Waals surface area contributed by atoms with E-state index in [0.29, 0.717) is 6.42 Å². The Kier molecular flexibility index (Phi) is 4.93. The molecule has 1 atom stereocenters. The van der Waals surface area contributed by atoms with Crippen LogP contribution in [0, 0.1) is 0 Å². The third kappa shape index (κ3) is 3.91. The van der Waals surface area contributed by atoms with Gasteiger partial charge in [-0.1, -0.05) is 24.3 Å². The minimum atomic E-state index is 0.0745. The smallest absolute Gasteiger partial charge is 0.225 e. The van der Waals surface area contributed by atoms with Gasteiger partial charge in [-0.2, -0.15) is 0 Å². The molecule has 4 nitrogen and oxygen atoms in total. The van der Waals surface area contributed by atoms with Gasteiger partial charge in [0.2, 0.25) is 5.91 Å². The Morgan fingerprint density at radius 1 is 1.15 bits per heavy atom. The summed E-state index contributed by atoms with van der Waals surface area (Å²) in [6, 6.07) is 14.5. The first kappa shape index (κ1) is 17.1. The second-order valence-electron chi connectivity index (χ2n) is 7.45. The number of fused-ring (bicyclic) bond motifs is 2. The van der Waals surface area contributed by atoms with Crippen molar-refractivity contribution in [2.45, 2.75) is 38.2 Å². The molecule has 4 heteroatoms. The van der Waals surface area contributed by atoms with Gasteiger partial charge in [-0.05, 0) is 61.2 Å². The first-order valence-electron chi connectivity index (χ1n) is 9.52. The molecular formula is C22H26N2O2. The average molecular weight is 350 g/mol. The summed E-state index contributed by atoms with van der Waals surface area (Å²) in [6.45, 7) is 1.56. The van der Waals surface area contributed by atoms with Crippen LogP contribution in [0.5, 0.6) is 5.75 Å². The monoisotopic (exact) mass is 350 g/mol. The Morgan fingerprint density at radius 3 is 2.88 bits per heavy atom. The number of rotatable bonds is 6. The molecule has 0 radical (unpaired) electrons. The maximum absolute atomic E-state index is 12.3. The Labute approximate surface area is 155 Å². The maximum Gasteiger partial charge on any atom is 0.225 e. The number of para-hydroxylation sites is 1. The molecular weight excluding hydrogens is 324 g/mol. The minimum Gasteiger partial charge on any atom is -0.488 e. The van der Waals surface area contributed by atoms with E-state index in [9.17, 15) is 4.79 Å². The van der Waals surface area contributed by atoms with E-state index in [0.717, 1.165) is 37.4 Å². The third-order valence-corrected chi connectivity index (χ3v) is 5.33. The number of carbonyl (C=O) groups excluding carboxylic acids is 1. The van der Waals surface area contributed by atoms with E-state index < -0.39 is 0 Å². The van der Waals surface area contributed by atoms with Crippen molar-refractivity contribution in [2.75, 3.05) is 25.5 Å². The zero-order chi connectivity index (χ0) is 17.9. The predicted molar refractivity (Wildman–Crippen MR) is 104 cm³/mol. The number of ether oxygens (including phenoxy) is 1. The van der Waals surface area contributed by atoms with Gasteiger partial charge in [0.05, 0.1) is 0 Å². The van der Waals surface area contributed by atoms with Crippen LogP contribution < -0.4 is 10.1 Å². The number of likely N-dealkylation sites (N-methyl/N-ethyl adjacent to an activating group) is 1. The summed E-state index contributed by atoms with van der Waals surface area (Å²) in [5, 5.41) is 3.04. The van der Waals surface area contributed by atoms with E-state index in [4.69, 9.17) is 4.74 Å². The van der Waals surface area contributed by atoms with Crippen LogP contribution in [0.25, 0.3) is 0 Å². The van der Waals surface area contributed by atoms with Crippen molar-refractivity contribution >= 4 is 11.6 Å². The lowest BCUT2D eigenvalue weighted by Crippen LogP contribution is -2.34. The quantitative estimate of drug-likeness (QED) is 0.868. The van der Waals surface area contributed by atoms with Gasteiger partial charge in [0, 0.05) is 31.6 Å². The molecule has 1 aliphatic carbocycles. The highest BCUT2D eigenvalue weighted by Crippen LogP contribution is 2.28. The van der Waals surface area contributed by atoms with Crippen molar-refractivity contribution in [1.82, 2.24) is 4.90 Å². The van der Waals surface area contributed by atoms with Crippen LogP contribution in [0.3, 0.4) is 0 Å². The molecule has 0 saturated heterocycles. The SMILES string of the molecule is CN(CCC(=O)Nc1ccc2c(c1)CCC2)C[C@@H]1Cc2ccccc2O1. The minimum absolute atomic E-state index is 0.0745. The molecule has 0 unspecified atom stereocenters. The second-order valence-corrected chi connectivity index (χ2v) is 7.45. The van der Waals surface area contributed by atoms with E-state index in [-0.39, 0.29) is 12.0 Å². The van der Waals surface area contributed by atoms with E-state index in [2.05, 4.69) is 41.5 Å². The van der Waals surface area contributed by atoms with Crippen LogP contribution in [0.1, 0.15) is 29.5 Å². The number of nitrogens with one attached hydrogen (secondary N) is 1. The molecule has 1 heterocycles. The van der Waals surface area contributed by atoms with E-state index in [1.807, 2.05) is 18.2 Å². The number of carbonyl (C=O) groups is 1. The fourth-order valence-electron chi connectivity index (χ4n) is 3.96. The summed E-state index contributed by atoms with van der Waals surface area (Å²) in [6.07, 6.45) is 5.14. The van der Waals surface area contributed by atoms with E-state index in [1.54, 1.807) is 0 Å². The van der Waals surface area contributed by atoms with E-state index in [1.165, 1.54) is 29.5 Å². The molecule has 4 rings (SSSR count). The number of nitrogens with zero attached hydrogens (tertiary/aromatic N) is 1. The summed E-state index contributed by atoms with van der Waals surface area (Å²) < 4.78 is 5.98. The molecule has 26 heavy (non-hydrogen) atoms. The number of anilines is 1. The van der Waals surface area contributed by atoms with Crippen molar-refractivity contribution in [1.29, 1.82) is 0 Å². The summed E-state index contributed by atoms with van der Waals surface area (Å²) in [7, 11) is 2.05. The highest BCUT2D eigenvalue weighted by Gasteiger charge is 2.23. The lowest BCUT2D eigenvalue weighted by atomic mass is 10.1. The normalized spacial score (nSPS) is 17.7. The average Bonchev–Trinajstić information content (AvgIpc) is 3.25. The highest BCUT2D eigenvalue weighted by atomic mass is 16.5. The lowest BCUT2D eigenvalue weighted by Gasteiger charge is -2.20. The molecule has 0 spiro atoms. The third-order valence-electron chi connectivity index (χ3n) is 5.33. The van der Waals surface area contributed by atoms with Crippen molar-refractivity contribution in [2.24, 2.45) is 0 Å². The highest BCUT2D eigenvalue weighted by molar-refractivity contribution is 5.91. The Hall–Kier alpha value is -2.33. The summed E-state index contributed by atoms with van der Waals surface area (Å²) >= 11 is 0. The van der Waals surface area contributed by atoms with Crippen molar-refractivity contribution in [3.05, 3.63) is 59.2 Å². The second kappa shape index (κ2) is 7.50. The molecule has 136 valence electrons. The van der Waals surface area contributed by atoms with Crippen molar-refractivity contribution in [3.63, 3.8) is 0 Å². The van der Waals surface area contributed by atoms with Gasteiger partial charge >= 0.3 is 0 Å². The number of aryl methyl sites for hydroxylation is 2. The predicted octanol–water partition coefficient (Wildman–Crippen LogP) is 3.44. The van der Waals surface area contributed by atoms with Crippen LogP contribution >= 0.6 is 0 Å². The largest absolute Gasteiger partial charge is 0.488 e. The van der Waals surface area contributed by atoms with Gasteiger partial charge in [-0.3, -0.25) is 4.79 Å². The van der Waals surface area contributed by atoms with Gasteiger partial charge < -0.3 is 15.0 Å². The van der Waals surface area contributed by atoms with Crippen molar-refractivity contribution < 1.29 is 9.53 Å². The Morgan fingerprint density at radius 2 is 2.00 bits per heavy atom. The van der Waals surface area contributed by atoms with Crippen LogP contribution in [0.15, 0.2) is 42.5 Å². The standard InChI is InChI=1S/C22H26N2O2/c1-24(15-20-14-18-5-2-3-8-21(18)26-20)12-11-22(25)23-19-10-9-16-6-4-7-17(16)13-19/h2-3,5,8-10,13,20H,4,6-7,11-12,14-15H2,1H3,(H,23,25)/t20-/m0/s1. The fourth-order valence-corrected chi connectivity index (χ4v) is 3.96. The molecule has 1 N–H and O–H groups in total. The summed E-state index contributed by atoms with van der Waals surface area (Å²) in [5.41, 5.74) is 5.02. The summed E-state index contributed by atoms with van der Waals surface area (Å²) in [5.74, 6) is 1.07. The lowest BCUT2D eigenvalue weighted by molar-refractivity contribution is -0.116. The van der Waals surface area contributed by atoms with Crippen LogP contribution in [-0.4, -0.2) is 37.0 Å². The van der Waals surface area contributed by atoms with Gasteiger partial charge in [-0.25, -0.2) is 0 Å². The Balaban J connectivity index is 1.22. The van der Waals surface area contributed by atoms with Gasteiger partial charge in [-0.15, -0.1) is 0 Å². The number of hydrogen-bond acceptors (Lipinski definition) is 3. The number of hydrogen-bond donors (Lipinski definition) is 1. The molecule has 1 amide bonds. The summed E-state index contributed by atoms with van der Waals surface area (Å²) in [4.78, 5) is 14.4. The zero-order valence-electron chi connectivity index (χ0n) is 15.3. The maximum atomic E-state index is 12.3. The Bertz CT molecular complexity index is 777. The molecule has 0 fully saturated rings. The van der Waals surface area contributed by atoms with Gasteiger partial charge in [0.15, 0.2) is 0 Å². The zero-order valence-corrected chi connectivity index (χ0v) is 15.3. The number of amides is 1. The van der Waals surface area contributed by atoms with Gasteiger partial charge in [0.1, 0.15) is 11.9 Å². The molecule has 2 aromatic carbocycles. The van der Waals surface area contributed by atoms with Crippen LogP contribution in [0.4, 0.5) is 5.69 Å². The molecule has 0 aromatic heterocycles. The number of benzene rings is 2. The van der Waals surface area contributed by atoms with E-state index >= 15 is 0 Å². The molecule has 0 bridgehead atoms. The first-order valence-corrected chi connectivity index (χ1v) is 9.52. The van der Waals surface area contributed by atoms with Crippen LogP contribution in [-0.2, 0) is 24.1 Å². The molecule has 2 aliphatic rings. The van der Waals surface area contributed by atoms with Gasteiger partial charge in [0.25, 0.3) is 0 Å². The molecule has 2 aromatic rings. The first-order chi connectivity index (χ1) is 12.7.